The lowest BCUT2D eigenvalue weighted by atomic mass is 9.88. The Morgan fingerprint density at radius 2 is 2.15 bits per heavy atom. The molecule has 0 amide bonds. The van der Waals surface area contributed by atoms with Gasteiger partial charge in [0.1, 0.15) is 5.83 Å². The van der Waals surface area contributed by atoms with Crippen molar-refractivity contribution < 1.29 is 19.4 Å². The van der Waals surface area contributed by atoms with Gasteiger partial charge in [-0.3, -0.25) is 4.79 Å². The number of ketones is 1. The second kappa shape index (κ2) is 2.90. The highest BCUT2D eigenvalue weighted by molar-refractivity contribution is 6.27. The highest BCUT2D eigenvalue weighted by atomic mass is 35.5. The number of rotatable bonds is 1. The quantitative estimate of drug-likeness (QED) is 0.620. The molecule has 0 saturated carbocycles. The molecule has 0 heterocycles. The fourth-order valence-electron chi connectivity index (χ4n) is 1.01. The van der Waals surface area contributed by atoms with Crippen LogP contribution < -0.4 is 0 Å². The summed E-state index contributed by atoms with van der Waals surface area (Å²) in [5, 5.41) is 16.6. The number of alkyl halides is 1. The van der Waals surface area contributed by atoms with E-state index in [0.29, 0.717) is 6.08 Å². The zero-order valence-electron chi connectivity index (χ0n) is 6.79. The molecule has 13 heavy (non-hydrogen) atoms. The maximum Gasteiger partial charge on any atom is 0.197 e. The first-order valence-electron chi connectivity index (χ1n) is 3.52. The largest absolute Gasteiger partial charge is 0.374 e. The number of allylic oxidation sites excluding steroid dienone is 2. The van der Waals surface area contributed by atoms with E-state index in [2.05, 4.69) is 0 Å². The van der Waals surface area contributed by atoms with E-state index in [4.69, 9.17) is 11.6 Å². The number of hydrogen-bond donors (Lipinski definition) is 2. The number of carbonyl (C=O) groups is 1. The van der Waals surface area contributed by atoms with Crippen molar-refractivity contribution in [1.29, 1.82) is 0 Å². The van der Waals surface area contributed by atoms with Gasteiger partial charge in [-0.05, 0) is 25.2 Å². The number of Topliss-reactive ketones (excluding diaryl/α,β-unsaturated/α-hetero) is 1. The van der Waals surface area contributed by atoms with Crippen molar-refractivity contribution in [2.24, 2.45) is 0 Å². The van der Waals surface area contributed by atoms with E-state index in [0.717, 1.165) is 19.1 Å². The first-order valence-corrected chi connectivity index (χ1v) is 3.90. The van der Waals surface area contributed by atoms with Crippen molar-refractivity contribution in [3.8, 4) is 0 Å². The lowest BCUT2D eigenvalue weighted by Gasteiger charge is -2.34. The van der Waals surface area contributed by atoms with Crippen LogP contribution in [0.2, 0.25) is 0 Å². The van der Waals surface area contributed by atoms with E-state index in [1.165, 1.54) is 0 Å². The summed E-state index contributed by atoms with van der Waals surface area (Å²) in [5.41, 5.74) is -2.40. The van der Waals surface area contributed by atoms with Crippen LogP contribution in [-0.2, 0) is 4.79 Å². The summed E-state index contributed by atoms with van der Waals surface area (Å²) >= 11 is 5.43. The number of carbonyl (C=O) groups excluding carboxylic acids is 1. The van der Waals surface area contributed by atoms with Crippen molar-refractivity contribution >= 4 is 17.4 Å². The van der Waals surface area contributed by atoms with E-state index in [9.17, 15) is 19.4 Å². The van der Waals surface area contributed by atoms with Crippen LogP contribution in [0.1, 0.15) is 6.92 Å². The van der Waals surface area contributed by atoms with Gasteiger partial charge in [-0.15, -0.1) is 0 Å². The highest BCUT2D eigenvalue weighted by Crippen LogP contribution is 2.35. The van der Waals surface area contributed by atoms with Gasteiger partial charge in [-0.2, -0.15) is 0 Å². The Balaban J connectivity index is 3.22. The molecule has 0 unspecified atom stereocenters. The number of aliphatic hydroxyl groups is 2. The standard InChI is InChI=1S/C8H8ClFO3/c1-5(11)7(12)4-6(10)2-3-8(7,9)13/h2-4,12-13H,1H3/t7-,8-/m0/s1. The molecule has 0 fully saturated rings. The molecule has 1 aliphatic carbocycles. The van der Waals surface area contributed by atoms with Gasteiger partial charge in [0.25, 0.3) is 0 Å². The maximum absolute atomic E-state index is 12.7. The fraction of sp³-hybridized carbons (Fsp3) is 0.375. The predicted octanol–water partition coefficient (Wildman–Crippen LogP) is 0.657. The minimum absolute atomic E-state index is 0.586. The van der Waals surface area contributed by atoms with Gasteiger partial charge in [-0.1, -0.05) is 11.6 Å². The molecule has 0 bridgehead atoms. The lowest BCUT2D eigenvalue weighted by Crippen LogP contribution is -2.54. The second-order valence-corrected chi connectivity index (χ2v) is 3.43. The first-order chi connectivity index (χ1) is 5.79. The zero-order chi connectivity index (χ0) is 10.3. The first kappa shape index (κ1) is 10.4. The minimum atomic E-state index is -2.40. The summed E-state index contributed by atoms with van der Waals surface area (Å²) in [4.78, 5) is 10.9. The van der Waals surface area contributed by atoms with Crippen LogP contribution >= 0.6 is 11.6 Å². The van der Waals surface area contributed by atoms with Crippen LogP contribution in [0, 0.1) is 0 Å². The van der Waals surface area contributed by atoms with E-state index in [-0.39, 0.29) is 0 Å². The van der Waals surface area contributed by atoms with Gasteiger partial charge in [0.2, 0.25) is 0 Å². The van der Waals surface area contributed by atoms with Gasteiger partial charge in [-0.25, -0.2) is 4.39 Å². The van der Waals surface area contributed by atoms with Crippen LogP contribution in [-0.4, -0.2) is 26.7 Å². The van der Waals surface area contributed by atoms with Crippen molar-refractivity contribution in [2.45, 2.75) is 17.6 Å². The Labute approximate surface area is 79.1 Å². The smallest absolute Gasteiger partial charge is 0.197 e. The molecule has 1 rings (SSSR count). The Hall–Kier alpha value is -0.710. The third-order valence-electron chi connectivity index (χ3n) is 1.88. The molecule has 3 nitrogen and oxygen atoms in total. The summed E-state index contributed by atoms with van der Waals surface area (Å²) in [7, 11) is 0. The normalized spacial score (nSPS) is 38.7. The van der Waals surface area contributed by atoms with E-state index < -0.39 is 22.3 Å². The molecule has 1 aliphatic rings. The molecule has 0 aromatic carbocycles. The van der Waals surface area contributed by atoms with Gasteiger partial charge in [0.15, 0.2) is 16.4 Å². The average Bonchev–Trinajstić information content (AvgIpc) is 1.98. The summed E-state index contributed by atoms with van der Waals surface area (Å²) < 4.78 is 12.7. The Morgan fingerprint density at radius 1 is 1.62 bits per heavy atom. The van der Waals surface area contributed by atoms with E-state index >= 15 is 0 Å². The van der Waals surface area contributed by atoms with Crippen LogP contribution in [0.3, 0.4) is 0 Å². The Kier molecular flexibility index (Phi) is 2.32. The van der Waals surface area contributed by atoms with Gasteiger partial charge >= 0.3 is 0 Å². The van der Waals surface area contributed by atoms with Gasteiger partial charge in [0.05, 0.1) is 0 Å². The second-order valence-electron chi connectivity index (χ2n) is 2.86. The van der Waals surface area contributed by atoms with Crippen molar-refractivity contribution in [2.75, 3.05) is 0 Å². The van der Waals surface area contributed by atoms with Crippen LogP contribution in [0.15, 0.2) is 24.1 Å². The Morgan fingerprint density at radius 3 is 2.54 bits per heavy atom. The molecule has 2 N–H and O–H groups in total. The summed E-state index contributed by atoms with van der Waals surface area (Å²) in [6.45, 7) is 1.01. The monoisotopic (exact) mass is 206 g/mol. The van der Waals surface area contributed by atoms with Crippen molar-refractivity contribution in [3.05, 3.63) is 24.1 Å². The van der Waals surface area contributed by atoms with Crippen LogP contribution in [0.4, 0.5) is 4.39 Å². The maximum atomic E-state index is 12.7. The molecule has 0 radical (unpaired) electrons. The van der Waals surface area contributed by atoms with Gasteiger partial charge < -0.3 is 10.2 Å². The molecular weight excluding hydrogens is 199 g/mol. The van der Waals surface area contributed by atoms with Crippen molar-refractivity contribution in [1.82, 2.24) is 0 Å². The number of halogens is 2. The molecular formula is C8H8ClFO3. The molecule has 0 aromatic rings. The molecule has 0 saturated heterocycles. The SMILES string of the molecule is CC(=O)[C@@]1(O)C=C(F)C=C[C@@]1(O)Cl. The molecule has 0 aromatic heterocycles. The molecule has 2 atom stereocenters. The average molecular weight is 207 g/mol. The lowest BCUT2D eigenvalue weighted by molar-refractivity contribution is -0.141. The van der Waals surface area contributed by atoms with Crippen LogP contribution in [0.5, 0.6) is 0 Å². The topological polar surface area (TPSA) is 57.5 Å². The third kappa shape index (κ3) is 1.52. The summed E-state index contributed by atoms with van der Waals surface area (Å²) in [5.74, 6) is -1.65. The fourth-order valence-corrected chi connectivity index (χ4v) is 1.27. The Bertz CT molecular complexity index is 309. The molecule has 0 aliphatic heterocycles. The minimum Gasteiger partial charge on any atom is -0.374 e. The van der Waals surface area contributed by atoms with Gasteiger partial charge in [0, 0.05) is 0 Å². The predicted molar refractivity (Wildman–Crippen MR) is 44.8 cm³/mol. The zero-order valence-corrected chi connectivity index (χ0v) is 7.55. The molecule has 5 heteroatoms. The van der Waals surface area contributed by atoms with Crippen molar-refractivity contribution in [3.63, 3.8) is 0 Å². The van der Waals surface area contributed by atoms with Crippen LogP contribution in [0.25, 0.3) is 0 Å². The summed E-state index contributed by atoms with van der Waals surface area (Å²) in [6.07, 6.45) is 2.29. The van der Waals surface area contributed by atoms with E-state index in [1.807, 2.05) is 0 Å². The number of hydrogen-bond acceptors (Lipinski definition) is 3. The third-order valence-corrected chi connectivity index (χ3v) is 2.30. The van der Waals surface area contributed by atoms with E-state index in [1.54, 1.807) is 0 Å². The highest BCUT2D eigenvalue weighted by Gasteiger charge is 2.50. The summed E-state index contributed by atoms with van der Waals surface area (Å²) in [6, 6.07) is 0. The molecule has 72 valence electrons. The molecule has 0 spiro atoms.